The average molecular weight is 225 g/mol. The number of hydrogen-bond acceptors (Lipinski definition) is 2. The van der Waals surface area contributed by atoms with Crippen molar-refractivity contribution in [3.05, 3.63) is 29.6 Å². The Labute approximate surface area is 96.8 Å². The maximum Gasteiger partial charge on any atom is 0.165 e. The summed E-state index contributed by atoms with van der Waals surface area (Å²) in [6.45, 7) is 7.24. The number of nitrogens with one attached hydrogen (secondary N) is 1. The Morgan fingerprint density at radius 1 is 1.38 bits per heavy atom. The predicted molar refractivity (Wildman–Crippen MR) is 64.2 cm³/mol. The highest BCUT2D eigenvalue weighted by Crippen LogP contribution is 2.26. The van der Waals surface area contributed by atoms with Gasteiger partial charge in [0.05, 0.1) is 7.11 Å². The molecule has 1 atom stereocenters. The van der Waals surface area contributed by atoms with Crippen LogP contribution in [0.5, 0.6) is 5.75 Å². The van der Waals surface area contributed by atoms with Crippen LogP contribution in [0.4, 0.5) is 4.39 Å². The topological polar surface area (TPSA) is 21.3 Å². The van der Waals surface area contributed by atoms with E-state index in [1.54, 1.807) is 6.07 Å². The van der Waals surface area contributed by atoms with Crippen LogP contribution in [0, 0.1) is 11.7 Å². The van der Waals surface area contributed by atoms with E-state index in [1.807, 2.05) is 6.07 Å². The smallest absolute Gasteiger partial charge is 0.165 e. The molecule has 0 aliphatic carbocycles. The molecule has 0 saturated carbocycles. The lowest BCUT2D eigenvalue weighted by atomic mass is 9.96. The molecule has 0 fully saturated rings. The van der Waals surface area contributed by atoms with Crippen LogP contribution in [-0.4, -0.2) is 13.7 Å². The second-order valence-corrected chi connectivity index (χ2v) is 4.17. The molecule has 1 aromatic carbocycles. The SMILES string of the molecule is CCNC(c1ccc(F)c(OC)c1)C(C)C. The van der Waals surface area contributed by atoms with Crippen molar-refractivity contribution >= 4 is 0 Å². The molecule has 0 aliphatic rings. The first kappa shape index (κ1) is 13.0. The highest BCUT2D eigenvalue weighted by atomic mass is 19.1. The fraction of sp³-hybridized carbons (Fsp3) is 0.538. The van der Waals surface area contributed by atoms with Gasteiger partial charge in [0.1, 0.15) is 0 Å². The van der Waals surface area contributed by atoms with E-state index in [0.29, 0.717) is 11.7 Å². The van der Waals surface area contributed by atoms with Gasteiger partial charge in [-0.1, -0.05) is 26.8 Å². The van der Waals surface area contributed by atoms with Gasteiger partial charge in [-0.15, -0.1) is 0 Å². The highest BCUT2D eigenvalue weighted by molar-refractivity contribution is 5.32. The molecule has 1 unspecified atom stereocenters. The molecule has 0 heterocycles. The largest absolute Gasteiger partial charge is 0.494 e. The minimum absolute atomic E-state index is 0.236. The molecule has 90 valence electrons. The molecule has 0 radical (unpaired) electrons. The van der Waals surface area contributed by atoms with Crippen LogP contribution in [-0.2, 0) is 0 Å². The predicted octanol–water partition coefficient (Wildman–Crippen LogP) is 3.14. The molecule has 16 heavy (non-hydrogen) atoms. The quantitative estimate of drug-likeness (QED) is 0.831. The molecule has 1 aromatic rings. The van der Waals surface area contributed by atoms with E-state index in [1.165, 1.54) is 13.2 Å². The van der Waals surface area contributed by atoms with Crippen LogP contribution in [0.25, 0.3) is 0 Å². The summed E-state index contributed by atoms with van der Waals surface area (Å²) in [6, 6.07) is 5.27. The summed E-state index contributed by atoms with van der Waals surface area (Å²) in [6.07, 6.45) is 0. The van der Waals surface area contributed by atoms with Gasteiger partial charge in [-0.2, -0.15) is 0 Å². The van der Waals surface area contributed by atoms with Crippen molar-refractivity contribution in [2.75, 3.05) is 13.7 Å². The zero-order valence-corrected chi connectivity index (χ0v) is 10.4. The molecule has 1 N–H and O–H groups in total. The third-order valence-corrected chi connectivity index (χ3v) is 2.62. The van der Waals surface area contributed by atoms with Crippen LogP contribution in [0.1, 0.15) is 32.4 Å². The van der Waals surface area contributed by atoms with Gasteiger partial charge in [0.25, 0.3) is 0 Å². The fourth-order valence-corrected chi connectivity index (χ4v) is 1.83. The lowest BCUT2D eigenvalue weighted by Gasteiger charge is -2.22. The molecular formula is C13H20FNO. The summed E-state index contributed by atoms with van der Waals surface area (Å²) >= 11 is 0. The third kappa shape index (κ3) is 2.95. The van der Waals surface area contributed by atoms with Crippen molar-refractivity contribution in [2.24, 2.45) is 5.92 Å². The lowest BCUT2D eigenvalue weighted by Crippen LogP contribution is -2.25. The lowest BCUT2D eigenvalue weighted by molar-refractivity contribution is 0.380. The van der Waals surface area contributed by atoms with Crippen LogP contribution in [0.15, 0.2) is 18.2 Å². The van der Waals surface area contributed by atoms with Gasteiger partial charge >= 0.3 is 0 Å². The molecule has 2 nitrogen and oxygen atoms in total. The van der Waals surface area contributed by atoms with E-state index < -0.39 is 0 Å². The maximum atomic E-state index is 13.3. The molecule has 1 rings (SSSR count). The van der Waals surface area contributed by atoms with Gasteiger partial charge in [-0.05, 0) is 30.2 Å². The van der Waals surface area contributed by atoms with Gasteiger partial charge in [0.15, 0.2) is 11.6 Å². The van der Waals surface area contributed by atoms with E-state index in [2.05, 4.69) is 26.1 Å². The average Bonchev–Trinajstić information content (AvgIpc) is 2.26. The van der Waals surface area contributed by atoms with Crippen LogP contribution in [0.3, 0.4) is 0 Å². The van der Waals surface area contributed by atoms with Crippen LogP contribution >= 0.6 is 0 Å². The van der Waals surface area contributed by atoms with E-state index in [0.717, 1.165) is 12.1 Å². The third-order valence-electron chi connectivity index (χ3n) is 2.62. The Morgan fingerprint density at radius 2 is 2.06 bits per heavy atom. The van der Waals surface area contributed by atoms with Crippen molar-refractivity contribution in [1.82, 2.24) is 5.32 Å². The van der Waals surface area contributed by atoms with Crippen molar-refractivity contribution in [1.29, 1.82) is 0 Å². The van der Waals surface area contributed by atoms with E-state index >= 15 is 0 Å². The molecule has 0 aliphatic heterocycles. The van der Waals surface area contributed by atoms with E-state index in [-0.39, 0.29) is 11.9 Å². The summed E-state index contributed by atoms with van der Waals surface area (Å²) < 4.78 is 18.3. The van der Waals surface area contributed by atoms with Gasteiger partial charge < -0.3 is 10.1 Å². The summed E-state index contributed by atoms with van der Waals surface area (Å²) in [5.74, 6) is 0.446. The first-order valence-corrected chi connectivity index (χ1v) is 5.67. The minimum atomic E-state index is -0.315. The van der Waals surface area contributed by atoms with Crippen LogP contribution in [0.2, 0.25) is 0 Å². The number of hydrogen-bond donors (Lipinski definition) is 1. The Kier molecular flexibility index (Phi) is 4.74. The summed E-state index contributed by atoms with van der Waals surface area (Å²) in [7, 11) is 1.49. The summed E-state index contributed by atoms with van der Waals surface area (Å²) in [4.78, 5) is 0. The minimum Gasteiger partial charge on any atom is -0.494 e. The van der Waals surface area contributed by atoms with Gasteiger partial charge in [0, 0.05) is 6.04 Å². The maximum absolute atomic E-state index is 13.3. The van der Waals surface area contributed by atoms with E-state index in [4.69, 9.17) is 4.74 Å². The normalized spacial score (nSPS) is 12.9. The molecule has 3 heteroatoms. The molecule has 0 amide bonds. The molecule has 0 bridgehead atoms. The summed E-state index contributed by atoms with van der Waals surface area (Å²) in [5.41, 5.74) is 1.06. The second kappa shape index (κ2) is 5.85. The van der Waals surface area contributed by atoms with Gasteiger partial charge in [0.2, 0.25) is 0 Å². The zero-order valence-electron chi connectivity index (χ0n) is 10.4. The number of ether oxygens (including phenoxy) is 1. The van der Waals surface area contributed by atoms with Crippen molar-refractivity contribution in [3.8, 4) is 5.75 Å². The Hall–Kier alpha value is -1.09. The van der Waals surface area contributed by atoms with Crippen LogP contribution < -0.4 is 10.1 Å². The Balaban J connectivity index is 3.00. The molecule has 0 saturated heterocycles. The number of halogens is 1. The molecular weight excluding hydrogens is 205 g/mol. The number of rotatable bonds is 5. The monoisotopic (exact) mass is 225 g/mol. The van der Waals surface area contributed by atoms with Gasteiger partial charge in [-0.25, -0.2) is 4.39 Å². The number of methoxy groups -OCH3 is 1. The zero-order chi connectivity index (χ0) is 12.1. The second-order valence-electron chi connectivity index (χ2n) is 4.17. The Morgan fingerprint density at radius 3 is 2.56 bits per heavy atom. The van der Waals surface area contributed by atoms with Crippen molar-refractivity contribution in [2.45, 2.75) is 26.8 Å². The number of benzene rings is 1. The van der Waals surface area contributed by atoms with Gasteiger partial charge in [-0.3, -0.25) is 0 Å². The molecule has 0 aromatic heterocycles. The summed E-state index contributed by atoms with van der Waals surface area (Å²) in [5, 5.41) is 3.39. The van der Waals surface area contributed by atoms with Crippen molar-refractivity contribution in [3.63, 3.8) is 0 Å². The molecule has 0 spiro atoms. The fourth-order valence-electron chi connectivity index (χ4n) is 1.83. The first-order chi connectivity index (χ1) is 7.60. The van der Waals surface area contributed by atoms with E-state index in [9.17, 15) is 4.39 Å². The Bertz CT molecular complexity index is 339. The van der Waals surface area contributed by atoms with Crippen molar-refractivity contribution < 1.29 is 9.13 Å². The highest BCUT2D eigenvalue weighted by Gasteiger charge is 2.16. The first-order valence-electron chi connectivity index (χ1n) is 5.67. The standard InChI is InChI=1S/C13H20FNO/c1-5-15-13(9(2)3)10-6-7-11(14)12(8-10)16-4/h6-9,13,15H,5H2,1-4H3.